The summed E-state index contributed by atoms with van der Waals surface area (Å²) in [6.45, 7) is 1.59. The largest absolute Gasteiger partial charge is 0.343 e. The van der Waals surface area contributed by atoms with E-state index in [1.54, 1.807) is 6.92 Å². The Morgan fingerprint density at radius 2 is 1.70 bits per heavy atom. The van der Waals surface area contributed by atoms with Gasteiger partial charge in [0.2, 0.25) is 5.91 Å². The molecule has 0 aromatic heterocycles. The summed E-state index contributed by atoms with van der Waals surface area (Å²) < 4.78 is 0. The van der Waals surface area contributed by atoms with Gasteiger partial charge in [0.1, 0.15) is 11.6 Å². The van der Waals surface area contributed by atoms with Crippen molar-refractivity contribution in [3.05, 3.63) is 54.6 Å². The number of rotatable bonds is 5. The average Bonchev–Trinajstić information content (AvgIpc) is 3.32. The highest BCUT2D eigenvalue weighted by Crippen LogP contribution is 2.36. The molecule has 2 aromatic carbocycles. The number of amides is 4. The molecule has 7 nitrogen and oxygen atoms in total. The van der Waals surface area contributed by atoms with E-state index in [1.165, 1.54) is 0 Å². The van der Waals surface area contributed by atoms with Crippen LogP contribution in [0.15, 0.2) is 54.6 Å². The van der Waals surface area contributed by atoms with Gasteiger partial charge in [-0.25, -0.2) is 9.69 Å². The molecular formula is C23H26N4O3. The summed E-state index contributed by atoms with van der Waals surface area (Å²) in [5.41, 5.74) is 1.58. The quantitative estimate of drug-likeness (QED) is 0.743. The second kappa shape index (κ2) is 7.82. The van der Waals surface area contributed by atoms with E-state index in [2.05, 4.69) is 10.6 Å². The Morgan fingerprint density at radius 3 is 2.40 bits per heavy atom. The van der Waals surface area contributed by atoms with Gasteiger partial charge in [-0.3, -0.25) is 9.59 Å². The van der Waals surface area contributed by atoms with E-state index in [0.29, 0.717) is 18.5 Å². The van der Waals surface area contributed by atoms with E-state index >= 15 is 0 Å². The fraction of sp³-hybridized carbons (Fsp3) is 0.348. The highest BCUT2D eigenvalue weighted by Gasteiger charge is 2.54. The zero-order valence-electron chi connectivity index (χ0n) is 17.2. The van der Waals surface area contributed by atoms with Crippen molar-refractivity contribution in [1.82, 2.24) is 10.2 Å². The van der Waals surface area contributed by atoms with E-state index in [1.807, 2.05) is 66.5 Å². The molecule has 4 amide bonds. The molecule has 1 saturated heterocycles. The first kappa shape index (κ1) is 19.9. The van der Waals surface area contributed by atoms with Crippen molar-refractivity contribution < 1.29 is 14.4 Å². The van der Waals surface area contributed by atoms with E-state index in [-0.39, 0.29) is 5.91 Å². The zero-order valence-corrected chi connectivity index (χ0v) is 17.2. The van der Waals surface area contributed by atoms with Crippen molar-refractivity contribution >= 4 is 34.9 Å². The van der Waals surface area contributed by atoms with Gasteiger partial charge < -0.3 is 15.5 Å². The van der Waals surface area contributed by atoms with Gasteiger partial charge >= 0.3 is 6.03 Å². The average molecular weight is 406 g/mol. The van der Waals surface area contributed by atoms with E-state index < -0.39 is 23.5 Å². The lowest BCUT2D eigenvalue weighted by Crippen LogP contribution is -2.48. The van der Waals surface area contributed by atoms with Gasteiger partial charge in [0.05, 0.1) is 11.4 Å². The number of hydrogen-bond donors (Lipinski definition) is 2. The van der Waals surface area contributed by atoms with Gasteiger partial charge in [0.15, 0.2) is 0 Å². The maximum absolute atomic E-state index is 13.0. The minimum Gasteiger partial charge on any atom is -0.343 e. The molecule has 2 aromatic rings. The second-order valence-electron chi connectivity index (χ2n) is 7.97. The van der Waals surface area contributed by atoms with Crippen molar-refractivity contribution in [3.63, 3.8) is 0 Å². The molecule has 4 rings (SSSR count). The number of anilines is 3. The SMILES string of the molecule is CC(C(=O)Nc1ccccc1N(C)c1ccccc1)N1C(=O)NC2(CCCC2)C1=O. The first-order valence-corrected chi connectivity index (χ1v) is 10.3. The molecule has 1 atom stereocenters. The predicted octanol–water partition coefficient (Wildman–Crippen LogP) is 3.65. The van der Waals surface area contributed by atoms with Crippen LogP contribution in [0.4, 0.5) is 21.9 Å². The summed E-state index contributed by atoms with van der Waals surface area (Å²) in [6.07, 6.45) is 3.07. The highest BCUT2D eigenvalue weighted by atomic mass is 16.2. The Morgan fingerprint density at radius 1 is 1.07 bits per heavy atom. The van der Waals surface area contributed by atoms with Crippen LogP contribution in [-0.4, -0.2) is 41.4 Å². The Kier molecular flexibility index (Phi) is 5.20. The maximum atomic E-state index is 13.0. The smallest absolute Gasteiger partial charge is 0.325 e. The zero-order chi connectivity index (χ0) is 21.3. The number of carbonyl (C=O) groups is 3. The van der Waals surface area contributed by atoms with Crippen molar-refractivity contribution in [2.45, 2.75) is 44.2 Å². The van der Waals surface area contributed by atoms with Gasteiger partial charge in [-0.2, -0.15) is 0 Å². The van der Waals surface area contributed by atoms with E-state index in [4.69, 9.17) is 0 Å². The number of benzene rings is 2. The molecule has 156 valence electrons. The highest BCUT2D eigenvalue weighted by molar-refractivity contribution is 6.11. The van der Waals surface area contributed by atoms with Gasteiger partial charge in [0, 0.05) is 12.7 Å². The van der Waals surface area contributed by atoms with Crippen molar-refractivity contribution in [2.24, 2.45) is 0 Å². The summed E-state index contributed by atoms with van der Waals surface area (Å²) in [6, 6.07) is 15.9. The van der Waals surface area contributed by atoms with E-state index in [0.717, 1.165) is 29.1 Å². The Labute approximate surface area is 176 Å². The number of hydrogen-bond acceptors (Lipinski definition) is 4. The van der Waals surface area contributed by atoms with Crippen LogP contribution in [0.25, 0.3) is 0 Å². The number of imide groups is 1. The third kappa shape index (κ3) is 3.40. The van der Waals surface area contributed by atoms with Crippen LogP contribution in [-0.2, 0) is 9.59 Å². The molecule has 1 saturated carbocycles. The van der Waals surface area contributed by atoms with Crippen LogP contribution in [0.2, 0.25) is 0 Å². The van der Waals surface area contributed by atoms with Crippen LogP contribution < -0.4 is 15.5 Å². The topological polar surface area (TPSA) is 81.8 Å². The fourth-order valence-corrected chi connectivity index (χ4v) is 4.33. The summed E-state index contributed by atoms with van der Waals surface area (Å²) >= 11 is 0. The summed E-state index contributed by atoms with van der Waals surface area (Å²) in [5, 5.41) is 5.73. The van der Waals surface area contributed by atoms with Gasteiger partial charge in [-0.05, 0) is 44.0 Å². The number of urea groups is 1. The predicted molar refractivity (Wildman–Crippen MR) is 116 cm³/mol. The monoisotopic (exact) mass is 406 g/mol. The molecule has 1 heterocycles. The van der Waals surface area contributed by atoms with Crippen molar-refractivity contribution in [2.75, 3.05) is 17.3 Å². The van der Waals surface area contributed by atoms with Crippen LogP contribution >= 0.6 is 0 Å². The summed E-state index contributed by atoms with van der Waals surface area (Å²) in [4.78, 5) is 41.5. The van der Waals surface area contributed by atoms with Gasteiger partial charge in [0.25, 0.3) is 5.91 Å². The molecule has 2 N–H and O–H groups in total. The Balaban J connectivity index is 1.53. The molecule has 30 heavy (non-hydrogen) atoms. The molecule has 2 fully saturated rings. The summed E-state index contributed by atoms with van der Waals surface area (Å²) in [7, 11) is 1.92. The minimum absolute atomic E-state index is 0.290. The standard InChI is InChI=1S/C23H26N4O3/c1-16(27-21(29)23(25-22(27)30)14-8-9-15-23)20(28)24-18-12-6-7-13-19(18)26(2)17-10-4-3-5-11-17/h3-7,10-13,16H,8-9,14-15H2,1-2H3,(H,24,28)(H,25,30). The molecule has 0 radical (unpaired) electrons. The number of nitrogens with one attached hydrogen (secondary N) is 2. The summed E-state index contributed by atoms with van der Waals surface area (Å²) in [5.74, 6) is -0.690. The normalized spacial score (nSPS) is 18.4. The molecule has 1 aliphatic carbocycles. The van der Waals surface area contributed by atoms with Crippen LogP contribution in [0.1, 0.15) is 32.6 Å². The third-order valence-corrected chi connectivity index (χ3v) is 6.08. The van der Waals surface area contributed by atoms with Crippen molar-refractivity contribution in [3.8, 4) is 0 Å². The molecule has 0 bridgehead atoms. The molecule has 1 spiro atoms. The maximum Gasteiger partial charge on any atom is 0.325 e. The molecule has 2 aliphatic rings. The second-order valence-corrected chi connectivity index (χ2v) is 7.97. The van der Waals surface area contributed by atoms with Gasteiger partial charge in [-0.15, -0.1) is 0 Å². The first-order chi connectivity index (χ1) is 14.4. The fourth-order valence-electron chi connectivity index (χ4n) is 4.33. The van der Waals surface area contributed by atoms with E-state index in [9.17, 15) is 14.4 Å². The minimum atomic E-state index is -0.910. The number of carbonyl (C=O) groups excluding carboxylic acids is 3. The molecule has 7 heteroatoms. The lowest BCUT2D eigenvalue weighted by molar-refractivity contribution is -0.136. The number of para-hydroxylation sites is 3. The van der Waals surface area contributed by atoms with Crippen LogP contribution in [0.5, 0.6) is 0 Å². The molecule has 1 unspecified atom stereocenters. The van der Waals surface area contributed by atoms with Crippen molar-refractivity contribution in [1.29, 1.82) is 0 Å². The third-order valence-electron chi connectivity index (χ3n) is 6.08. The molecule has 1 aliphatic heterocycles. The first-order valence-electron chi connectivity index (χ1n) is 10.3. The lowest BCUT2D eigenvalue weighted by atomic mass is 9.97. The Hall–Kier alpha value is -3.35. The van der Waals surface area contributed by atoms with Crippen LogP contribution in [0, 0.1) is 0 Å². The molecular weight excluding hydrogens is 380 g/mol. The lowest BCUT2D eigenvalue weighted by Gasteiger charge is -2.26. The Bertz CT molecular complexity index is 969. The number of nitrogens with zero attached hydrogens (tertiary/aromatic N) is 2. The van der Waals surface area contributed by atoms with Gasteiger partial charge in [-0.1, -0.05) is 43.2 Å². The van der Waals surface area contributed by atoms with Crippen LogP contribution in [0.3, 0.4) is 0 Å².